The van der Waals surface area contributed by atoms with Gasteiger partial charge in [0.15, 0.2) is 0 Å². The monoisotopic (exact) mass is 388 g/mol. The van der Waals surface area contributed by atoms with Gasteiger partial charge >= 0.3 is 12.1 Å². The first-order valence-electron chi connectivity index (χ1n) is 8.64. The number of methoxy groups -OCH3 is 1. The van der Waals surface area contributed by atoms with E-state index in [9.17, 15) is 22.8 Å². The largest absolute Gasteiger partial charge is 0.469 e. The first-order chi connectivity index (χ1) is 12.8. The molecule has 1 aromatic carbocycles. The van der Waals surface area contributed by atoms with Crippen molar-refractivity contribution in [3.63, 3.8) is 0 Å². The van der Waals surface area contributed by atoms with E-state index in [0.717, 1.165) is 37.4 Å². The first-order valence-corrected chi connectivity index (χ1v) is 8.64. The number of carbonyl (C=O) groups is 2. The van der Waals surface area contributed by atoms with E-state index in [1.807, 2.05) is 0 Å². The van der Waals surface area contributed by atoms with E-state index in [0.29, 0.717) is 26.3 Å². The maximum Gasteiger partial charge on any atom is 0.416 e. The molecule has 1 aromatic rings. The average Bonchev–Trinajstić information content (AvgIpc) is 2.67. The van der Waals surface area contributed by atoms with Crippen LogP contribution in [0.15, 0.2) is 24.3 Å². The Balaban J connectivity index is 2.05. The first kappa shape index (κ1) is 21.2. The quantitative estimate of drug-likeness (QED) is 0.669. The summed E-state index contributed by atoms with van der Waals surface area (Å²) in [5.41, 5.74) is -0.664. The molecular formula is C18H23F3N2O4. The third-order valence-corrected chi connectivity index (χ3v) is 4.35. The van der Waals surface area contributed by atoms with Crippen LogP contribution in [0.3, 0.4) is 0 Å². The molecule has 0 spiro atoms. The van der Waals surface area contributed by atoms with Gasteiger partial charge in [-0.1, -0.05) is 0 Å². The van der Waals surface area contributed by atoms with Gasteiger partial charge < -0.3 is 14.4 Å². The second-order valence-corrected chi connectivity index (χ2v) is 6.15. The maximum atomic E-state index is 12.7. The summed E-state index contributed by atoms with van der Waals surface area (Å²) in [6.45, 7) is 3.83. The van der Waals surface area contributed by atoms with Gasteiger partial charge in [-0.3, -0.25) is 14.5 Å². The van der Waals surface area contributed by atoms with Crippen molar-refractivity contribution < 1.29 is 32.2 Å². The summed E-state index contributed by atoms with van der Waals surface area (Å²) in [5, 5.41) is 0. The molecule has 0 unspecified atom stereocenters. The highest BCUT2D eigenvalue weighted by atomic mass is 19.4. The molecule has 27 heavy (non-hydrogen) atoms. The Hall–Kier alpha value is -2.13. The minimum Gasteiger partial charge on any atom is -0.469 e. The van der Waals surface area contributed by atoms with E-state index >= 15 is 0 Å². The van der Waals surface area contributed by atoms with Crippen molar-refractivity contribution >= 4 is 11.9 Å². The van der Waals surface area contributed by atoms with Crippen molar-refractivity contribution in [2.24, 2.45) is 0 Å². The Bertz CT molecular complexity index is 628. The van der Waals surface area contributed by atoms with Crippen molar-refractivity contribution in [1.82, 2.24) is 9.80 Å². The zero-order valence-electron chi connectivity index (χ0n) is 15.1. The van der Waals surface area contributed by atoms with Gasteiger partial charge in [-0.2, -0.15) is 13.2 Å². The van der Waals surface area contributed by atoms with Gasteiger partial charge in [0.05, 0.1) is 32.3 Å². The Morgan fingerprint density at radius 2 is 1.78 bits per heavy atom. The lowest BCUT2D eigenvalue weighted by Gasteiger charge is -2.30. The number of hydrogen-bond donors (Lipinski definition) is 0. The fourth-order valence-corrected chi connectivity index (χ4v) is 2.71. The standard InChI is InChI=1S/C18H23F3N2O4/c1-26-16(24)6-7-23(9-8-22-10-12-27-13-11-22)17(25)14-2-4-15(5-3-14)18(19,20)21/h2-5H,6-13H2,1H3. The van der Waals surface area contributed by atoms with E-state index in [-0.39, 0.29) is 18.5 Å². The van der Waals surface area contributed by atoms with E-state index < -0.39 is 23.6 Å². The fourth-order valence-electron chi connectivity index (χ4n) is 2.71. The predicted molar refractivity (Wildman–Crippen MR) is 91.2 cm³/mol. The van der Waals surface area contributed by atoms with Gasteiger partial charge in [0.1, 0.15) is 0 Å². The maximum absolute atomic E-state index is 12.7. The summed E-state index contributed by atoms with van der Waals surface area (Å²) < 4.78 is 48.0. The van der Waals surface area contributed by atoms with Gasteiger partial charge in [-0.05, 0) is 24.3 Å². The van der Waals surface area contributed by atoms with Crippen LogP contribution in [-0.2, 0) is 20.4 Å². The summed E-state index contributed by atoms with van der Waals surface area (Å²) in [5.74, 6) is -0.868. The Kier molecular flexibility index (Phi) is 7.61. The van der Waals surface area contributed by atoms with Crippen LogP contribution in [0.2, 0.25) is 0 Å². The van der Waals surface area contributed by atoms with Crippen LogP contribution in [0.1, 0.15) is 22.3 Å². The van der Waals surface area contributed by atoms with Crippen LogP contribution in [0.4, 0.5) is 13.2 Å². The second kappa shape index (κ2) is 9.70. The number of nitrogens with zero attached hydrogens (tertiary/aromatic N) is 2. The SMILES string of the molecule is COC(=O)CCN(CCN1CCOCC1)C(=O)c1ccc(C(F)(F)F)cc1. The number of rotatable bonds is 7. The highest BCUT2D eigenvalue weighted by Gasteiger charge is 2.30. The molecule has 0 radical (unpaired) electrons. The summed E-state index contributed by atoms with van der Waals surface area (Å²) in [7, 11) is 1.26. The van der Waals surface area contributed by atoms with Crippen LogP contribution < -0.4 is 0 Å². The number of halogens is 3. The molecule has 1 amide bonds. The van der Waals surface area contributed by atoms with E-state index in [4.69, 9.17) is 4.74 Å². The lowest BCUT2D eigenvalue weighted by Crippen LogP contribution is -2.43. The van der Waals surface area contributed by atoms with Crippen molar-refractivity contribution in [3.8, 4) is 0 Å². The van der Waals surface area contributed by atoms with E-state index in [1.165, 1.54) is 12.0 Å². The molecule has 1 saturated heterocycles. The van der Waals surface area contributed by atoms with E-state index in [2.05, 4.69) is 9.64 Å². The number of alkyl halides is 3. The highest BCUT2D eigenvalue weighted by molar-refractivity contribution is 5.94. The third-order valence-electron chi connectivity index (χ3n) is 4.35. The zero-order chi connectivity index (χ0) is 19.9. The van der Waals surface area contributed by atoms with Gasteiger partial charge in [0.25, 0.3) is 5.91 Å². The van der Waals surface area contributed by atoms with Gasteiger partial charge in [-0.15, -0.1) is 0 Å². The molecule has 2 rings (SSSR count). The topological polar surface area (TPSA) is 59.1 Å². The zero-order valence-corrected chi connectivity index (χ0v) is 15.1. The van der Waals surface area contributed by atoms with Gasteiger partial charge in [0.2, 0.25) is 0 Å². The van der Waals surface area contributed by atoms with Crippen LogP contribution in [0, 0.1) is 0 Å². The van der Waals surface area contributed by atoms with E-state index in [1.54, 1.807) is 0 Å². The summed E-state index contributed by atoms with van der Waals surface area (Å²) in [4.78, 5) is 27.8. The Morgan fingerprint density at radius 3 is 2.33 bits per heavy atom. The van der Waals surface area contributed by atoms with Crippen LogP contribution in [0.25, 0.3) is 0 Å². The van der Waals surface area contributed by atoms with Crippen molar-refractivity contribution in [1.29, 1.82) is 0 Å². The third kappa shape index (κ3) is 6.51. The number of ether oxygens (including phenoxy) is 2. The number of morpholine rings is 1. The molecular weight excluding hydrogens is 365 g/mol. The molecule has 1 aliphatic heterocycles. The molecule has 0 N–H and O–H groups in total. The highest BCUT2D eigenvalue weighted by Crippen LogP contribution is 2.29. The average molecular weight is 388 g/mol. The number of amides is 1. The predicted octanol–water partition coefficient (Wildman–Crippen LogP) is 2.04. The minimum atomic E-state index is -4.46. The smallest absolute Gasteiger partial charge is 0.416 e. The molecule has 6 nitrogen and oxygen atoms in total. The minimum absolute atomic E-state index is 0.0198. The number of hydrogen-bond acceptors (Lipinski definition) is 5. The molecule has 9 heteroatoms. The molecule has 0 saturated carbocycles. The number of esters is 1. The number of benzene rings is 1. The molecule has 150 valence electrons. The second-order valence-electron chi connectivity index (χ2n) is 6.15. The lowest BCUT2D eigenvalue weighted by molar-refractivity contribution is -0.141. The van der Waals surface area contributed by atoms with Crippen LogP contribution >= 0.6 is 0 Å². The van der Waals surface area contributed by atoms with Crippen molar-refractivity contribution in [2.75, 3.05) is 53.0 Å². The lowest BCUT2D eigenvalue weighted by atomic mass is 10.1. The molecule has 1 aliphatic rings. The molecule has 0 atom stereocenters. The molecule has 0 aromatic heterocycles. The van der Waals surface area contributed by atoms with Crippen LogP contribution in [-0.4, -0.2) is 74.7 Å². The molecule has 1 heterocycles. The normalized spacial score (nSPS) is 15.4. The molecule has 1 fully saturated rings. The Morgan fingerprint density at radius 1 is 1.15 bits per heavy atom. The molecule has 0 aliphatic carbocycles. The van der Waals surface area contributed by atoms with Gasteiger partial charge in [0, 0.05) is 38.3 Å². The fraction of sp³-hybridized carbons (Fsp3) is 0.556. The Labute approximate surface area is 155 Å². The summed E-state index contributed by atoms with van der Waals surface area (Å²) >= 11 is 0. The molecule has 0 bridgehead atoms. The number of carbonyl (C=O) groups excluding carboxylic acids is 2. The van der Waals surface area contributed by atoms with Gasteiger partial charge in [-0.25, -0.2) is 0 Å². The summed E-state index contributed by atoms with van der Waals surface area (Å²) in [6, 6.07) is 4.08. The van der Waals surface area contributed by atoms with Crippen molar-refractivity contribution in [2.45, 2.75) is 12.6 Å². The van der Waals surface area contributed by atoms with Crippen molar-refractivity contribution in [3.05, 3.63) is 35.4 Å². The van der Waals surface area contributed by atoms with Crippen LogP contribution in [0.5, 0.6) is 0 Å². The summed E-state index contributed by atoms with van der Waals surface area (Å²) in [6.07, 6.45) is -4.44.